The molecule has 25 heavy (non-hydrogen) atoms. The molecule has 1 unspecified atom stereocenters. The number of ketones is 1. The molecule has 1 atom stereocenters. The summed E-state index contributed by atoms with van der Waals surface area (Å²) in [6, 6.07) is 13.4. The lowest BCUT2D eigenvalue weighted by Crippen LogP contribution is -2.45. The van der Waals surface area contributed by atoms with Crippen LogP contribution in [0.1, 0.15) is 17.3 Å². The molecule has 124 valence electrons. The van der Waals surface area contributed by atoms with Crippen LogP contribution in [0.25, 0.3) is 10.2 Å². The highest BCUT2D eigenvalue weighted by atomic mass is 32.1. The maximum Gasteiger partial charge on any atom is 0.300 e. The van der Waals surface area contributed by atoms with Crippen LogP contribution in [-0.4, -0.2) is 28.6 Å². The van der Waals surface area contributed by atoms with Gasteiger partial charge in [-0.2, -0.15) is 0 Å². The fraction of sp³-hybridized carbons (Fsp3) is 0.111. The number of fused-ring (bicyclic) bond motifs is 2. The Morgan fingerprint density at radius 2 is 1.84 bits per heavy atom. The number of carbonyl (C=O) groups excluding carboxylic acids is 3. The van der Waals surface area contributed by atoms with Gasteiger partial charge < -0.3 is 5.32 Å². The minimum atomic E-state index is -0.827. The van der Waals surface area contributed by atoms with Crippen molar-refractivity contribution >= 4 is 50.0 Å². The highest BCUT2D eigenvalue weighted by Gasteiger charge is 2.40. The Labute approximate surface area is 147 Å². The number of aromatic nitrogens is 1. The van der Waals surface area contributed by atoms with E-state index < -0.39 is 23.6 Å². The van der Waals surface area contributed by atoms with Crippen molar-refractivity contribution in [2.45, 2.75) is 13.0 Å². The number of hydrogen-bond acceptors (Lipinski definition) is 5. The molecule has 2 heterocycles. The molecule has 0 saturated heterocycles. The van der Waals surface area contributed by atoms with E-state index in [1.54, 1.807) is 31.2 Å². The third-order valence-corrected chi connectivity index (χ3v) is 5.06. The van der Waals surface area contributed by atoms with Gasteiger partial charge in [0, 0.05) is 0 Å². The summed E-state index contributed by atoms with van der Waals surface area (Å²) < 4.78 is 0.961. The number of para-hydroxylation sites is 2. The summed E-state index contributed by atoms with van der Waals surface area (Å²) in [5.74, 6) is -1.67. The van der Waals surface area contributed by atoms with Gasteiger partial charge in [0.1, 0.15) is 6.04 Å². The standard InChI is InChI=1S/C18H13N3O3S/c1-10(21-13-8-4-2-6-11(13)15(22)17(21)24)16(23)20-18-19-12-7-3-5-9-14(12)25-18/h2-10H,1H3,(H,19,20,23). The molecular weight excluding hydrogens is 338 g/mol. The molecule has 1 aromatic heterocycles. The SMILES string of the molecule is CC(C(=O)Nc1nc2ccccc2s1)N1C(=O)C(=O)c2ccccc21. The molecule has 1 aliphatic heterocycles. The van der Waals surface area contributed by atoms with E-state index in [9.17, 15) is 14.4 Å². The number of hydrogen-bond donors (Lipinski definition) is 1. The van der Waals surface area contributed by atoms with Gasteiger partial charge in [-0.05, 0) is 31.2 Å². The van der Waals surface area contributed by atoms with E-state index in [1.165, 1.54) is 16.2 Å². The number of nitrogens with one attached hydrogen (secondary N) is 1. The van der Waals surface area contributed by atoms with Crippen LogP contribution in [0, 0.1) is 0 Å². The first-order valence-corrected chi connectivity index (χ1v) is 8.51. The van der Waals surface area contributed by atoms with Gasteiger partial charge in [0.2, 0.25) is 5.91 Å². The first-order valence-electron chi connectivity index (χ1n) is 7.69. The maximum absolute atomic E-state index is 12.6. The minimum Gasteiger partial charge on any atom is -0.300 e. The molecule has 2 aromatic carbocycles. The van der Waals surface area contributed by atoms with Crippen LogP contribution in [0.15, 0.2) is 48.5 Å². The zero-order chi connectivity index (χ0) is 17.6. The average Bonchev–Trinajstić information content (AvgIpc) is 3.13. The third kappa shape index (κ3) is 2.49. The number of benzene rings is 2. The Bertz CT molecular complexity index is 994. The number of thiazole rings is 1. The van der Waals surface area contributed by atoms with Crippen LogP contribution in [-0.2, 0) is 9.59 Å². The van der Waals surface area contributed by atoms with Crippen LogP contribution in [0.5, 0.6) is 0 Å². The number of anilines is 2. The third-order valence-electron chi connectivity index (χ3n) is 4.11. The zero-order valence-electron chi connectivity index (χ0n) is 13.2. The highest BCUT2D eigenvalue weighted by molar-refractivity contribution is 7.22. The summed E-state index contributed by atoms with van der Waals surface area (Å²) in [5.41, 5.74) is 1.59. The first-order chi connectivity index (χ1) is 12.1. The Kier molecular flexibility index (Phi) is 3.58. The summed E-state index contributed by atoms with van der Waals surface area (Å²) in [6.07, 6.45) is 0. The van der Waals surface area contributed by atoms with E-state index in [1.807, 2.05) is 24.3 Å². The molecule has 0 aliphatic carbocycles. The zero-order valence-corrected chi connectivity index (χ0v) is 14.0. The van der Waals surface area contributed by atoms with Crippen molar-refractivity contribution < 1.29 is 14.4 Å². The molecule has 7 heteroatoms. The Morgan fingerprint density at radius 3 is 2.64 bits per heavy atom. The Morgan fingerprint density at radius 1 is 1.12 bits per heavy atom. The lowest BCUT2D eigenvalue weighted by atomic mass is 10.1. The Hall–Kier alpha value is -3.06. The molecule has 0 saturated carbocycles. The summed E-state index contributed by atoms with van der Waals surface area (Å²) in [5, 5.41) is 3.20. The molecule has 0 fully saturated rings. The lowest BCUT2D eigenvalue weighted by molar-refractivity contribution is -0.120. The van der Waals surface area contributed by atoms with Gasteiger partial charge in [0.15, 0.2) is 5.13 Å². The average molecular weight is 351 g/mol. The van der Waals surface area contributed by atoms with Crippen LogP contribution in [0.3, 0.4) is 0 Å². The van der Waals surface area contributed by atoms with Gasteiger partial charge in [-0.25, -0.2) is 4.98 Å². The predicted octanol–water partition coefficient (Wildman–Crippen LogP) is 2.85. The van der Waals surface area contributed by atoms with E-state index in [0.29, 0.717) is 16.4 Å². The van der Waals surface area contributed by atoms with Crippen molar-refractivity contribution in [1.29, 1.82) is 0 Å². The van der Waals surface area contributed by atoms with Gasteiger partial charge in [0.25, 0.3) is 11.7 Å². The van der Waals surface area contributed by atoms with Gasteiger partial charge in [-0.1, -0.05) is 35.6 Å². The number of amides is 2. The largest absolute Gasteiger partial charge is 0.300 e. The van der Waals surface area contributed by atoms with Gasteiger partial charge >= 0.3 is 0 Å². The molecule has 0 radical (unpaired) electrons. The van der Waals surface area contributed by atoms with Crippen LogP contribution in [0.2, 0.25) is 0 Å². The topological polar surface area (TPSA) is 79.4 Å². The van der Waals surface area contributed by atoms with Gasteiger partial charge in [0.05, 0.1) is 21.5 Å². The van der Waals surface area contributed by atoms with Crippen molar-refractivity contribution in [2.24, 2.45) is 0 Å². The second kappa shape index (κ2) is 5.78. The van der Waals surface area contributed by atoms with E-state index in [2.05, 4.69) is 10.3 Å². The van der Waals surface area contributed by atoms with E-state index in [4.69, 9.17) is 0 Å². The molecular formula is C18H13N3O3S. The molecule has 2 amide bonds. The van der Waals surface area contributed by atoms with Crippen molar-refractivity contribution in [3.05, 3.63) is 54.1 Å². The van der Waals surface area contributed by atoms with Crippen molar-refractivity contribution in [1.82, 2.24) is 4.98 Å². The summed E-state index contributed by atoms with van der Waals surface area (Å²) >= 11 is 1.36. The lowest BCUT2D eigenvalue weighted by Gasteiger charge is -2.23. The summed E-state index contributed by atoms with van der Waals surface area (Å²) in [7, 11) is 0. The second-order valence-electron chi connectivity index (χ2n) is 5.67. The van der Waals surface area contributed by atoms with Crippen molar-refractivity contribution in [3.63, 3.8) is 0 Å². The maximum atomic E-state index is 12.6. The van der Waals surface area contributed by atoms with E-state index in [-0.39, 0.29) is 0 Å². The molecule has 0 spiro atoms. The van der Waals surface area contributed by atoms with Gasteiger partial charge in [-0.15, -0.1) is 0 Å². The predicted molar refractivity (Wildman–Crippen MR) is 96.0 cm³/mol. The molecule has 4 rings (SSSR count). The van der Waals surface area contributed by atoms with Crippen LogP contribution >= 0.6 is 11.3 Å². The number of rotatable bonds is 3. The molecule has 1 aliphatic rings. The smallest absolute Gasteiger partial charge is 0.300 e. The van der Waals surface area contributed by atoms with Crippen molar-refractivity contribution in [2.75, 3.05) is 10.2 Å². The molecule has 0 bridgehead atoms. The quantitative estimate of drug-likeness (QED) is 0.736. The number of nitrogens with zero attached hydrogens (tertiary/aromatic N) is 2. The molecule has 6 nitrogen and oxygen atoms in total. The van der Waals surface area contributed by atoms with Crippen molar-refractivity contribution in [3.8, 4) is 0 Å². The van der Waals surface area contributed by atoms with Crippen LogP contribution in [0.4, 0.5) is 10.8 Å². The summed E-state index contributed by atoms with van der Waals surface area (Å²) in [6.45, 7) is 1.59. The monoisotopic (exact) mass is 351 g/mol. The fourth-order valence-electron chi connectivity index (χ4n) is 2.85. The fourth-order valence-corrected chi connectivity index (χ4v) is 3.72. The van der Waals surface area contributed by atoms with E-state index >= 15 is 0 Å². The summed E-state index contributed by atoms with van der Waals surface area (Å²) in [4.78, 5) is 42.5. The normalized spacial score (nSPS) is 14.7. The van der Waals surface area contributed by atoms with Gasteiger partial charge in [-0.3, -0.25) is 19.3 Å². The molecule has 1 N–H and O–H groups in total. The highest BCUT2D eigenvalue weighted by Crippen LogP contribution is 2.31. The van der Waals surface area contributed by atoms with E-state index in [0.717, 1.165) is 10.2 Å². The second-order valence-corrected chi connectivity index (χ2v) is 6.70. The Balaban J connectivity index is 1.60. The van der Waals surface area contributed by atoms with Crippen LogP contribution < -0.4 is 10.2 Å². The molecule has 3 aromatic rings. The number of Topliss-reactive ketones (excluding diaryl/α,β-unsaturated/α-hetero) is 1. The minimum absolute atomic E-state index is 0.326. The first kappa shape index (κ1) is 15.5. The number of carbonyl (C=O) groups is 3.